The van der Waals surface area contributed by atoms with E-state index < -0.39 is 17.1 Å². The highest BCUT2D eigenvalue weighted by molar-refractivity contribution is 6.69. The fourth-order valence-corrected chi connectivity index (χ4v) is 13.5. The summed E-state index contributed by atoms with van der Waals surface area (Å²) in [5.74, 6) is 0. The molecule has 0 spiro atoms. The van der Waals surface area contributed by atoms with E-state index in [4.69, 9.17) is 17.7 Å². The molecule has 0 radical (unpaired) electrons. The monoisotopic (exact) mass is 476 g/mol. The predicted octanol–water partition coefficient (Wildman–Crippen LogP) is 8.34. The van der Waals surface area contributed by atoms with Crippen LogP contribution >= 0.6 is 0 Å². The second-order valence-corrected chi connectivity index (χ2v) is 19.5. The fourth-order valence-electron chi connectivity index (χ4n) is 4.32. The van der Waals surface area contributed by atoms with Crippen LogP contribution in [-0.4, -0.2) is 39.5 Å². The second kappa shape index (κ2) is 11.6. The molecule has 0 aromatic rings. The van der Waals surface area contributed by atoms with Crippen molar-refractivity contribution in [2.45, 2.75) is 163 Å². The maximum absolute atomic E-state index is 6.77. The number of hydrogen-bond donors (Lipinski definition) is 0. The van der Waals surface area contributed by atoms with Crippen LogP contribution in [0.5, 0.6) is 0 Å². The van der Waals surface area contributed by atoms with Crippen molar-refractivity contribution in [2.75, 3.05) is 0 Å². The van der Waals surface area contributed by atoms with Crippen LogP contribution < -0.4 is 0 Å². The summed E-state index contributed by atoms with van der Waals surface area (Å²) in [6, 6.07) is 4.00. The van der Waals surface area contributed by atoms with Crippen LogP contribution in [0.1, 0.15) is 116 Å². The normalized spacial score (nSPS) is 14.9. The molecule has 0 saturated carbocycles. The molecule has 0 aromatic heterocycles. The molecular formula is C25H56O4Si2. The summed E-state index contributed by atoms with van der Waals surface area (Å²) >= 11 is 0. The van der Waals surface area contributed by atoms with Gasteiger partial charge in [-0.25, -0.2) is 0 Å². The average molecular weight is 477 g/mol. The van der Waals surface area contributed by atoms with Gasteiger partial charge in [0, 0.05) is 0 Å². The minimum absolute atomic E-state index is 0.214. The maximum atomic E-state index is 6.77. The van der Waals surface area contributed by atoms with Crippen LogP contribution in [0, 0.1) is 0 Å². The Morgan fingerprint density at radius 2 is 0.645 bits per heavy atom. The molecule has 6 heteroatoms. The molecule has 0 heterocycles. The van der Waals surface area contributed by atoms with Gasteiger partial charge in [0.2, 0.25) is 0 Å². The SMILES string of the molecule is CCC[Si](CCC[Si](CCC)(OC(C)(C)C)OC(C)(C)C)(OC(C)(C)C)OC(C)(C)C. The van der Waals surface area contributed by atoms with E-state index in [1.165, 1.54) is 0 Å². The lowest BCUT2D eigenvalue weighted by Crippen LogP contribution is -2.53. The molecular weight excluding hydrogens is 420 g/mol. The standard InChI is InChI=1S/C25H56O4Si2/c1-15-18-30(26-22(3,4)5,27-23(6,7)8)20-17-21-31(19-16-2,28-24(9,10)11)29-25(12,13)14/h15-21H2,1-14H3. The molecule has 0 saturated heterocycles. The average Bonchev–Trinajstić information content (AvgIpc) is 2.39. The van der Waals surface area contributed by atoms with Crippen molar-refractivity contribution < 1.29 is 17.7 Å². The Morgan fingerprint density at radius 3 is 0.806 bits per heavy atom. The molecule has 0 unspecified atom stereocenters. The van der Waals surface area contributed by atoms with Gasteiger partial charge in [-0.15, -0.1) is 0 Å². The van der Waals surface area contributed by atoms with Gasteiger partial charge in [0.15, 0.2) is 0 Å². The van der Waals surface area contributed by atoms with Gasteiger partial charge < -0.3 is 17.7 Å². The van der Waals surface area contributed by atoms with Gasteiger partial charge in [-0.3, -0.25) is 0 Å². The number of hydrogen-bond acceptors (Lipinski definition) is 4. The summed E-state index contributed by atoms with van der Waals surface area (Å²) in [4.78, 5) is 0. The molecule has 0 aliphatic heterocycles. The van der Waals surface area contributed by atoms with Crippen LogP contribution in [-0.2, 0) is 17.7 Å². The highest BCUT2D eigenvalue weighted by atomic mass is 28.4. The fraction of sp³-hybridized carbons (Fsp3) is 1.00. The van der Waals surface area contributed by atoms with E-state index in [9.17, 15) is 0 Å². The molecule has 31 heavy (non-hydrogen) atoms. The molecule has 0 atom stereocenters. The molecule has 0 bridgehead atoms. The maximum Gasteiger partial charge on any atom is 0.338 e. The van der Waals surface area contributed by atoms with Crippen molar-refractivity contribution in [3.05, 3.63) is 0 Å². The summed E-state index contributed by atoms with van der Waals surface area (Å²) in [5.41, 5.74) is -0.856. The molecule has 0 rings (SSSR count). The van der Waals surface area contributed by atoms with Crippen LogP contribution in [0.2, 0.25) is 24.2 Å². The van der Waals surface area contributed by atoms with E-state index in [0.29, 0.717) is 0 Å². The largest absolute Gasteiger partial charge is 0.389 e. The summed E-state index contributed by atoms with van der Waals surface area (Å²) in [5, 5.41) is 0. The number of rotatable bonds is 12. The molecule has 0 N–H and O–H groups in total. The molecule has 0 aliphatic rings. The zero-order chi connectivity index (χ0) is 24.8. The van der Waals surface area contributed by atoms with Gasteiger partial charge in [0.1, 0.15) is 0 Å². The van der Waals surface area contributed by atoms with Gasteiger partial charge in [0.25, 0.3) is 0 Å². The van der Waals surface area contributed by atoms with Crippen LogP contribution in [0.4, 0.5) is 0 Å². The van der Waals surface area contributed by atoms with Crippen molar-refractivity contribution in [2.24, 2.45) is 0 Å². The Kier molecular flexibility index (Phi) is 11.7. The highest BCUT2D eigenvalue weighted by Crippen LogP contribution is 2.37. The summed E-state index contributed by atoms with van der Waals surface area (Å²) in [6.07, 6.45) is 3.18. The highest BCUT2D eigenvalue weighted by Gasteiger charge is 2.47. The quantitative estimate of drug-likeness (QED) is 0.265. The predicted molar refractivity (Wildman–Crippen MR) is 139 cm³/mol. The van der Waals surface area contributed by atoms with E-state index >= 15 is 0 Å². The first-order valence-electron chi connectivity index (χ1n) is 12.5. The Morgan fingerprint density at radius 1 is 0.419 bits per heavy atom. The van der Waals surface area contributed by atoms with Crippen LogP contribution in [0.3, 0.4) is 0 Å². The lowest BCUT2D eigenvalue weighted by atomic mass is 10.2. The van der Waals surface area contributed by atoms with Gasteiger partial charge in [-0.05, 0) is 114 Å². The lowest BCUT2D eigenvalue weighted by molar-refractivity contribution is 0.0111. The Hall–Kier alpha value is 0.274. The van der Waals surface area contributed by atoms with E-state index in [-0.39, 0.29) is 22.4 Å². The van der Waals surface area contributed by atoms with Crippen molar-refractivity contribution in [3.63, 3.8) is 0 Å². The van der Waals surface area contributed by atoms with Crippen molar-refractivity contribution in [1.82, 2.24) is 0 Å². The van der Waals surface area contributed by atoms with Crippen molar-refractivity contribution >= 4 is 17.1 Å². The zero-order valence-electron chi connectivity index (χ0n) is 23.6. The molecule has 0 aliphatic carbocycles. The van der Waals surface area contributed by atoms with Crippen LogP contribution in [0.15, 0.2) is 0 Å². The lowest BCUT2D eigenvalue weighted by Gasteiger charge is -2.43. The zero-order valence-corrected chi connectivity index (χ0v) is 25.6. The van der Waals surface area contributed by atoms with Gasteiger partial charge >= 0.3 is 17.1 Å². The van der Waals surface area contributed by atoms with Gasteiger partial charge in [0.05, 0.1) is 22.4 Å². The Balaban J connectivity index is 5.84. The first-order valence-corrected chi connectivity index (χ1v) is 16.9. The Bertz CT molecular complexity index is 430. The first-order chi connectivity index (χ1) is 13.7. The third kappa shape index (κ3) is 14.9. The third-order valence-electron chi connectivity index (χ3n) is 4.35. The molecule has 0 amide bonds. The Labute approximate surface area is 197 Å². The topological polar surface area (TPSA) is 36.9 Å². The minimum Gasteiger partial charge on any atom is -0.389 e. The summed E-state index contributed by atoms with van der Waals surface area (Å²) in [7, 11) is -4.79. The molecule has 0 fully saturated rings. The summed E-state index contributed by atoms with van der Waals surface area (Å²) in [6.45, 7) is 30.3. The third-order valence-corrected chi connectivity index (χ3v) is 13.0. The van der Waals surface area contributed by atoms with Crippen LogP contribution in [0.25, 0.3) is 0 Å². The van der Waals surface area contributed by atoms with E-state index in [0.717, 1.165) is 43.4 Å². The van der Waals surface area contributed by atoms with Gasteiger partial charge in [-0.2, -0.15) is 0 Å². The van der Waals surface area contributed by atoms with E-state index in [2.05, 4.69) is 96.9 Å². The molecule has 0 aromatic carbocycles. The smallest absolute Gasteiger partial charge is 0.338 e. The van der Waals surface area contributed by atoms with Crippen molar-refractivity contribution in [3.8, 4) is 0 Å². The molecule has 188 valence electrons. The van der Waals surface area contributed by atoms with Gasteiger partial charge in [-0.1, -0.05) is 26.7 Å². The van der Waals surface area contributed by atoms with Crippen molar-refractivity contribution in [1.29, 1.82) is 0 Å². The van der Waals surface area contributed by atoms with E-state index in [1.807, 2.05) is 0 Å². The van der Waals surface area contributed by atoms with E-state index in [1.54, 1.807) is 0 Å². The first kappa shape index (κ1) is 31.3. The minimum atomic E-state index is -2.40. The summed E-state index contributed by atoms with van der Waals surface area (Å²) < 4.78 is 27.1. The second-order valence-electron chi connectivity index (χ2n) is 13.0. The molecule has 4 nitrogen and oxygen atoms in total.